The van der Waals surface area contributed by atoms with Gasteiger partial charge in [0.1, 0.15) is 17.3 Å². The summed E-state index contributed by atoms with van der Waals surface area (Å²) in [6.07, 6.45) is 8.66. The molecule has 0 unspecified atom stereocenters. The number of carbonyl (C=O) groups is 2. The third-order valence-corrected chi connectivity index (χ3v) is 10.9. The van der Waals surface area contributed by atoms with Gasteiger partial charge >= 0.3 is 11.9 Å². The van der Waals surface area contributed by atoms with Crippen molar-refractivity contribution < 1.29 is 28.5 Å². The van der Waals surface area contributed by atoms with Crippen molar-refractivity contribution in [3.05, 3.63) is 0 Å². The number of epoxide rings is 2. The standard InChI is InChI=1S/C25H36O6/c1-14(26)28-16-6-9-21(3)18-7-10-22(4)19(17(18)12-20-24(21,13-16)30-20)8-11-25(22)23(5,31-25)29-15(2)27/h16-20H,6-13H2,1-5H3/t16-,17-,18+,19+,20+,21-,22+,23+,24-,25+/m1/s1. The van der Waals surface area contributed by atoms with Crippen LogP contribution in [0.4, 0.5) is 0 Å². The molecule has 6 heteroatoms. The summed E-state index contributed by atoms with van der Waals surface area (Å²) < 4.78 is 24.1. The number of hydrogen-bond acceptors (Lipinski definition) is 6. The molecule has 172 valence electrons. The molecule has 2 saturated heterocycles. The summed E-state index contributed by atoms with van der Waals surface area (Å²) in [5, 5.41) is 0. The van der Waals surface area contributed by atoms with E-state index in [0.29, 0.717) is 17.8 Å². The summed E-state index contributed by atoms with van der Waals surface area (Å²) in [5.41, 5.74) is -0.233. The number of ether oxygens (including phenoxy) is 4. The number of rotatable bonds is 2. The lowest BCUT2D eigenvalue weighted by Gasteiger charge is -2.59. The van der Waals surface area contributed by atoms with Crippen LogP contribution in [0.3, 0.4) is 0 Å². The van der Waals surface area contributed by atoms with Crippen LogP contribution in [0.15, 0.2) is 0 Å². The van der Waals surface area contributed by atoms with E-state index in [1.165, 1.54) is 20.3 Å². The Kier molecular flexibility index (Phi) is 3.86. The van der Waals surface area contributed by atoms with Crippen molar-refractivity contribution >= 4 is 11.9 Å². The highest BCUT2D eigenvalue weighted by molar-refractivity contribution is 5.67. The number of carbonyl (C=O) groups excluding carboxylic acids is 2. The first-order chi connectivity index (χ1) is 14.5. The summed E-state index contributed by atoms with van der Waals surface area (Å²) in [6, 6.07) is 0. The van der Waals surface area contributed by atoms with Crippen molar-refractivity contribution in [1.29, 1.82) is 0 Å². The predicted molar refractivity (Wildman–Crippen MR) is 111 cm³/mol. The van der Waals surface area contributed by atoms with Crippen LogP contribution in [-0.4, -0.2) is 41.1 Å². The van der Waals surface area contributed by atoms with Gasteiger partial charge in [-0.15, -0.1) is 0 Å². The van der Waals surface area contributed by atoms with Gasteiger partial charge in [-0.3, -0.25) is 9.59 Å². The van der Waals surface area contributed by atoms with Crippen molar-refractivity contribution in [2.24, 2.45) is 28.6 Å². The molecule has 6 aliphatic rings. The third kappa shape index (κ3) is 2.31. The average molecular weight is 433 g/mol. The summed E-state index contributed by atoms with van der Waals surface area (Å²) in [6.45, 7) is 9.80. The molecule has 0 bridgehead atoms. The lowest BCUT2D eigenvalue weighted by molar-refractivity contribution is -0.159. The molecule has 0 radical (unpaired) electrons. The molecule has 0 amide bonds. The van der Waals surface area contributed by atoms with Crippen molar-refractivity contribution in [3.8, 4) is 0 Å². The fourth-order valence-electron chi connectivity index (χ4n) is 9.57. The minimum atomic E-state index is -0.768. The zero-order valence-corrected chi connectivity index (χ0v) is 19.5. The number of fused-ring (bicyclic) bond motifs is 5. The third-order valence-electron chi connectivity index (χ3n) is 10.9. The van der Waals surface area contributed by atoms with Gasteiger partial charge in [0.2, 0.25) is 5.79 Å². The van der Waals surface area contributed by atoms with Crippen LogP contribution >= 0.6 is 0 Å². The molecule has 2 aliphatic heterocycles. The second-order valence-electron chi connectivity index (χ2n) is 12.0. The summed E-state index contributed by atoms with van der Waals surface area (Å²) in [5.74, 6) is 0.632. The van der Waals surface area contributed by atoms with Gasteiger partial charge in [0, 0.05) is 38.0 Å². The summed E-state index contributed by atoms with van der Waals surface area (Å²) in [7, 11) is 0. The Morgan fingerprint density at radius 2 is 1.58 bits per heavy atom. The van der Waals surface area contributed by atoms with E-state index in [1.54, 1.807) is 0 Å². The fourth-order valence-corrected chi connectivity index (χ4v) is 9.57. The Hall–Kier alpha value is -1.14. The van der Waals surface area contributed by atoms with Crippen molar-refractivity contribution in [2.45, 2.75) is 115 Å². The molecule has 6 nitrogen and oxygen atoms in total. The molecule has 2 heterocycles. The van der Waals surface area contributed by atoms with Gasteiger partial charge in [-0.1, -0.05) is 13.8 Å². The topological polar surface area (TPSA) is 77.7 Å². The maximum absolute atomic E-state index is 11.7. The zero-order chi connectivity index (χ0) is 22.0. The van der Waals surface area contributed by atoms with Crippen molar-refractivity contribution in [1.82, 2.24) is 0 Å². The van der Waals surface area contributed by atoms with Gasteiger partial charge in [0.05, 0.1) is 6.10 Å². The van der Waals surface area contributed by atoms with Crippen LogP contribution in [0.25, 0.3) is 0 Å². The van der Waals surface area contributed by atoms with Crippen LogP contribution in [0.1, 0.15) is 86.0 Å². The highest BCUT2D eigenvalue weighted by atomic mass is 16.8. The molecule has 0 N–H and O–H groups in total. The maximum Gasteiger partial charge on any atom is 0.305 e. The second-order valence-corrected chi connectivity index (χ2v) is 12.0. The number of esters is 2. The Morgan fingerprint density at radius 3 is 2.29 bits per heavy atom. The van der Waals surface area contributed by atoms with Crippen molar-refractivity contribution in [3.63, 3.8) is 0 Å². The molecule has 2 spiro atoms. The Bertz CT molecular complexity index is 857. The fraction of sp³-hybridized carbons (Fsp3) is 0.920. The monoisotopic (exact) mass is 432 g/mol. The van der Waals surface area contributed by atoms with Crippen LogP contribution in [0.5, 0.6) is 0 Å². The minimum absolute atomic E-state index is 0.0000302. The second kappa shape index (κ2) is 5.85. The van der Waals surface area contributed by atoms with E-state index in [1.807, 2.05) is 6.92 Å². The summed E-state index contributed by atoms with van der Waals surface area (Å²) >= 11 is 0. The quantitative estimate of drug-likeness (QED) is 0.482. The van der Waals surface area contributed by atoms with E-state index in [0.717, 1.165) is 44.9 Å². The van der Waals surface area contributed by atoms with Crippen LogP contribution in [-0.2, 0) is 28.5 Å². The van der Waals surface area contributed by atoms with Gasteiger partial charge in [-0.05, 0) is 62.7 Å². The van der Waals surface area contributed by atoms with E-state index in [-0.39, 0.29) is 46.2 Å². The SMILES string of the molecule is CC(=O)O[C@@H]1CC[C@]2(C)[C@H]3CC[C@@]4(C)[C@@H](CC[C@]45O[C@]5(C)OC(C)=O)[C@@H]3C[C@@H]3O[C@]32C1. The minimum Gasteiger partial charge on any atom is -0.462 e. The highest BCUT2D eigenvalue weighted by Gasteiger charge is 2.84. The molecule has 6 rings (SSSR count). The predicted octanol–water partition coefficient (Wildman–Crippen LogP) is 4.14. The highest BCUT2D eigenvalue weighted by Crippen LogP contribution is 2.78. The van der Waals surface area contributed by atoms with Gasteiger partial charge in [0.15, 0.2) is 0 Å². The van der Waals surface area contributed by atoms with E-state index in [9.17, 15) is 9.59 Å². The van der Waals surface area contributed by atoms with Crippen LogP contribution < -0.4 is 0 Å². The van der Waals surface area contributed by atoms with Gasteiger partial charge < -0.3 is 18.9 Å². The molecule has 0 aromatic heterocycles. The smallest absolute Gasteiger partial charge is 0.305 e. The molecule has 31 heavy (non-hydrogen) atoms. The average Bonchev–Trinajstić information content (AvgIpc) is 3.47. The van der Waals surface area contributed by atoms with Crippen molar-refractivity contribution in [2.75, 3.05) is 0 Å². The molecule has 10 atom stereocenters. The molecular weight excluding hydrogens is 396 g/mol. The van der Waals surface area contributed by atoms with Gasteiger partial charge in [0.25, 0.3) is 0 Å². The summed E-state index contributed by atoms with van der Waals surface area (Å²) in [4.78, 5) is 23.3. The Labute approximate surface area is 184 Å². The molecular formula is C25H36O6. The van der Waals surface area contributed by atoms with Crippen LogP contribution in [0.2, 0.25) is 0 Å². The molecule has 0 aromatic carbocycles. The number of hydrogen-bond donors (Lipinski definition) is 0. The van der Waals surface area contributed by atoms with Gasteiger partial charge in [-0.2, -0.15) is 0 Å². The van der Waals surface area contributed by atoms with Crippen LogP contribution in [0, 0.1) is 28.6 Å². The first-order valence-corrected chi connectivity index (χ1v) is 12.3. The molecule has 4 saturated carbocycles. The molecule has 6 fully saturated rings. The lowest BCUT2D eigenvalue weighted by Crippen LogP contribution is -2.59. The van der Waals surface area contributed by atoms with E-state index >= 15 is 0 Å². The first kappa shape index (κ1) is 20.5. The zero-order valence-electron chi connectivity index (χ0n) is 19.5. The Morgan fingerprint density at radius 1 is 0.903 bits per heavy atom. The van der Waals surface area contributed by atoms with Gasteiger partial charge in [-0.25, -0.2) is 0 Å². The normalized spacial score (nSPS) is 58.4. The maximum atomic E-state index is 11.7. The Balaban J connectivity index is 1.27. The van der Waals surface area contributed by atoms with E-state index < -0.39 is 5.79 Å². The molecule has 0 aromatic rings. The lowest BCUT2D eigenvalue weighted by atomic mass is 9.44. The molecule has 4 aliphatic carbocycles. The first-order valence-electron chi connectivity index (χ1n) is 12.3. The van der Waals surface area contributed by atoms with E-state index in [4.69, 9.17) is 18.9 Å². The van der Waals surface area contributed by atoms with E-state index in [2.05, 4.69) is 13.8 Å². The largest absolute Gasteiger partial charge is 0.462 e.